The summed E-state index contributed by atoms with van der Waals surface area (Å²) in [4.78, 5) is 14.6. The fourth-order valence-electron chi connectivity index (χ4n) is 2.53. The second kappa shape index (κ2) is 6.92. The van der Waals surface area contributed by atoms with E-state index in [4.69, 9.17) is 17.4 Å². The first kappa shape index (κ1) is 15.1. The second-order valence-corrected chi connectivity index (χ2v) is 5.53. The van der Waals surface area contributed by atoms with Gasteiger partial charge >= 0.3 is 0 Å². The number of carbonyl (C=O) groups excluding carboxylic acids is 1. The van der Waals surface area contributed by atoms with Crippen molar-refractivity contribution in [3.63, 3.8) is 0 Å². The minimum atomic E-state index is -0.143. The van der Waals surface area contributed by atoms with E-state index in [1.165, 1.54) is 0 Å². The number of rotatable bonds is 5. The molecule has 6 heteroatoms. The number of nitrogen functional groups attached to an aromatic ring is 1. The molecule has 1 aromatic carbocycles. The van der Waals surface area contributed by atoms with Gasteiger partial charge in [-0.1, -0.05) is 18.5 Å². The summed E-state index contributed by atoms with van der Waals surface area (Å²) in [5.74, 6) is 5.79. The zero-order valence-corrected chi connectivity index (χ0v) is 12.4. The molecule has 1 fully saturated rings. The van der Waals surface area contributed by atoms with Crippen molar-refractivity contribution >= 4 is 23.2 Å². The summed E-state index contributed by atoms with van der Waals surface area (Å²) in [6, 6.07) is 5.02. The third kappa shape index (κ3) is 3.62. The van der Waals surface area contributed by atoms with Gasteiger partial charge in [0.05, 0.1) is 11.3 Å². The molecule has 4 N–H and O–H groups in total. The monoisotopic (exact) mass is 296 g/mol. The first-order valence-corrected chi connectivity index (χ1v) is 7.28. The number of halogens is 1. The van der Waals surface area contributed by atoms with Gasteiger partial charge in [0.25, 0.3) is 5.91 Å². The Labute approximate surface area is 124 Å². The Kier molecular flexibility index (Phi) is 5.23. The molecule has 5 nitrogen and oxygen atoms in total. The maximum absolute atomic E-state index is 12.2. The molecule has 1 aliphatic heterocycles. The van der Waals surface area contributed by atoms with Crippen LogP contribution in [0.15, 0.2) is 18.2 Å². The lowest BCUT2D eigenvalue weighted by Gasteiger charge is -2.15. The van der Waals surface area contributed by atoms with Crippen molar-refractivity contribution < 1.29 is 4.79 Å². The van der Waals surface area contributed by atoms with Gasteiger partial charge in [-0.25, -0.2) is 0 Å². The molecule has 1 amide bonds. The first-order chi connectivity index (χ1) is 9.63. The summed E-state index contributed by atoms with van der Waals surface area (Å²) in [7, 11) is 0. The highest BCUT2D eigenvalue weighted by Crippen LogP contribution is 2.20. The van der Waals surface area contributed by atoms with E-state index >= 15 is 0 Å². The smallest absolute Gasteiger partial charge is 0.253 e. The molecular weight excluding hydrogens is 276 g/mol. The van der Waals surface area contributed by atoms with E-state index in [9.17, 15) is 4.79 Å². The number of nitrogens with one attached hydrogen (secondary N) is 2. The number of nitrogens with zero attached hydrogens (tertiary/aromatic N) is 1. The van der Waals surface area contributed by atoms with Crippen molar-refractivity contribution in [3.05, 3.63) is 28.8 Å². The number of hydrogen-bond donors (Lipinski definition) is 3. The minimum absolute atomic E-state index is 0.143. The number of hydrogen-bond acceptors (Lipinski definition) is 4. The molecule has 1 heterocycles. The van der Waals surface area contributed by atoms with E-state index in [-0.39, 0.29) is 5.91 Å². The molecule has 0 aromatic heterocycles. The number of hydrazine groups is 1. The molecular formula is C14H21ClN4O. The molecule has 0 saturated carbocycles. The van der Waals surface area contributed by atoms with Crippen molar-refractivity contribution in [2.75, 3.05) is 31.6 Å². The van der Waals surface area contributed by atoms with Gasteiger partial charge in [-0.15, -0.1) is 0 Å². The third-order valence-electron chi connectivity index (χ3n) is 3.75. The lowest BCUT2D eigenvalue weighted by atomic mass is 10.1. The molecule has 1 aromatic rings. The van der Waals surface area contributed by atoms with Crippen LogP contribution in [0.4, 0.5) is 5.69 Å². The largest absolute Gasteiger partial charge is 0.352 e. The lowest BCUT2D eigenvalue weighted by molar-refractivity contribution is 0.0948. The van der Waals surface area contributed by atoms with Crippen molar-refractivity contribution in [1.82, 2.24) is 10.2 Å². The fraction of sp³-hybridized carbons (Fsp3) is 0.500. The van der Waals surface area contributed by atoms with Crippen LogP contribution in [0.1, 0.15) is 23.7 Å². The number of carbonyl (C=O) groups is 1. The van der Waals surface area contributed by atoms with E-state index in [1.807, 2.05) is 0 Å². The number of anilines is 1. The summed E-state index contributed by atoms with van der Waals surface area (Å²) in [5.41, 5.74) is 3.57. The Morgan fingerprint density at radius 1 is 1.55 bits per heavy atom. The van der Waals surface area contributed by atoms with Gasteiger partial charge in [0.15, 0.2) is 0 Å². The van der Waals surface area contributed by atoms with Gasteiger partial charge in [0.2, 0.25) is 0 Å². The molecule has 1 aliphatic rings. The number of likely N-dealkylation sites (tertiary alicyclic amines) is 1. The van der Waals surface area contributed by atoms with Crippen LogP contribution >= 0.6 is 11.6 Å². The minimum Gasteiger partial charge on any atom is -0.352 e. The van der Waals surface area contributed by atoms with Crippen LogP contribution in [-0.2, 0) is 0 Å². The number of amides is 1. The predicted molar refractivity (Wildman–Crippen MR) is 81.8 cm³/mol. The Hall–Kier alpha value is -1.30. The van der Waals surface area contributed by atoms with Gasteiger partial charge in [-0.3, -0.25) is 10.6 Å². The molecule has 0 bridgehead atoms. The average molecular weight is 297 g/mol. The maximum atomic E-state index is 12.2. The Morgan fingerprint density at radius 3 is 3.00 bits per heavy atom. The van der Waals surface area contributed by atoms with Crippen LogP contribution in [0.5, 0.6) is 0 Å². The van der Waals surface area contributed by atoms with Gasteiger partial charge in [-0.05, 0) is 43.6 Å². The van der Waals surface area contributed by atoms with Crippen LogP contribution in [0.25, 0.3) is 0 Å². The van der Waals surface area contributed by atoms with Crippen LogP contribution in [0.2, 0.25) is 5.02 Å². The van der Waals surface area contributed by atoms with Crippen molar-refractivity contribution in [2.24, 2.45) is 11.8 Å². The zero-order chi connectivity index (χ0) is 14.5. The molecule has 110 valence electrons. The number of nitrogens with two attached hydrogens (primary N) is 1. The van der Waals surface area contributed by atoms with Gasteiger partial charge < -0.3 is 15.6 Å². The SMILES string of the molecule is CCN1CCC(CNC(=O)c2cc(Cl)ccc2NN)C1. The molecule has 1 saturated heterocycles. The van der Waals surface area contributed by atoms with Crippen molar-refractivity contribution in [1.29, 1.82) is 0 Å². The number of benzene rings is 1. The van der Waals surface area contributed by atoms with Gasteiger partial charge in [0, 0.05) is 18.1 Å². The third-order valence-corrected chi connectivity index (χ3v) is 3.99. The van der Waals surface area contributed by atoms with E-state index in [2.05, 4.69) is 22.6 Å². The first-order valence-electron chi connectivity index (χ1n) is 6.90. The highest BCUT2D eigenvalue weighted by molar-refractivity contribution is 6.31. The summed E-state index contributed by atoms with van der Waals surface area (Å²) in [5, 5.41) is 3.49. The van der Waals surface area contributed by atoms with Crippen molar-refractivity contribution in [3.8, 4) is 0 Å². The molecule has 0 aliphatic carbocycles. The fourth-order valence-corrected chi connectivity index (χ4v) is 2.70. The normalized spacial score (nSPS) is 19.1. The van der Waals surface area contributed by atoms with Gasteiger partial charge in [0.1, 0.15) is 0 Å². The van der Waals surface area contributed by atoms with Crippen LogP contribution in [0.3, 0.4) is 0 Å². The maximum Gasteiger partial charge on any atom is 0.253 e. The molecule has 1 unspecified atom stereocenters. The summed E-state index contributed by atoms with van der Waals surface area (Å²) >= 11 is 5.93. The van der Waals surface area contributed by atoms with E-state index < -0.39 is 0 Å². The Morgan fingerprint density at radius 2 is 2.35 bits per heavy atom. The van der Waals surface area contributed by atoms with E-state index in [0.717, 1.165) is 26.1 Å². The summed E-state index contributed by atoms with van der Waals surface area (Å²) in [6.07, 6.45) is 1.13. The highest BCUT2D eigenvalue weighted by Gasteiger charge is 2.22. The van der Waals surface area contributed by atoms with Crippen LogP contribution in [-0.4, -0.2) is 37.0 Å². The van der Waals surface area contributed by atoms with E-state index in [1.54, 1.807) is 18.2 Å². The average Bonchev–Trinajstić information content (AvgIpc) is 2.92. The van der Waals surface area contributed by atoms with Crippen LogP contribution < -0.4 is 16.6 Å². The Balaban J connectivity index is 1.93. The second-order valence-electron chi connectivity index (χ2n) is 5.09. The molecule has 0 radical (unpaired) electrons. The van der Waals surface area contributed by atoms with Gasteiger partial charge in [-0.2, -0.15) is 0 Å². The standard InChI is InChI=1S/C14H21ClN4O/c1-2-19-6-5-10(9-19)8-17-14(20)12-7-11(15)3-4-13(12)18-16/h3-4,7,10,18H,2,5-6,8-9,16H2,1H3,(H,17,20). The molecule has 20 heavy (non-hydrogen) atoms. The molecule has 2 rings (SSSR count). The molecule has 0 spiro atoms. The van der Waals surface area contributed by atoms with E-state index in [0.29, 0.717) is 28.7 Å². The van der Waals surface area contributed by atoms with Crippen molar-refractivity contribution in [2.45, 2.75) is 13.3 Å². The zero-order valence-electron chi connectivity index (χ0n) is 11.7. The predicted octanol–water partition coefficient (Wildman–Crippen LogP) is 1.70. The summed E-state index contributed by atoms with van der Waals surface area (Å²) in [6.45, 7) is 6.08. The highest BCUT2D eigenvalue weighted by atomic mass is 35.5. The topological polar surface area (TPSA) is 70.4 Å². The summed E-state index contributed by atoms with van der Waals surface area (Å²) < 4.78 is 0. The Bertz CT molecular complexity index is 480. The quantitative estimate of drug-likeness (QED) is 0.571. The van der Waals surface area contributed by atoms with Crippen LogP contribution in [0, 0.1) is 5.92 Å². The lowest BCUT2D eigenvalue weighted by Crippen LogP contribution is -2.31. The molecule has 1 atom stereocenters.